The number of amides is 1. The average Bonchev–Trinajstić information content (AvgIpc) is 3.35. The lowest BCUT2D eigenvalue weighted by Crippen LogP contribution is -2.30. The molecule has 0 saturated heterocycles. The summed E-state index contributed by atoms with van der Waals surface area (Å²) in [5.41, 5.74) is 5.26. The zero-order valence-corrected chi connectivity index (χ0v) is 27.3. The minimum absolute atomic E-state index is 0.139. The Kier molecular flexibility index (Phi) is 10.2. The number of carboxylic acids is 1. The minimum atomic E-state index is -0.803. The van der Waals surface area contributed by atoms with E-state index in [0.29, 0.717) is 24.2 Å². The number of nitrogens with one attached hydrogen (secondary N) is 1. The number of hydrogen-bond donors (Lipinski definition) is 2. The van der Waals surface area contributed by atoms with E-state index in [1.807, 2.05) is 69.3 Å². The van der Waals surface area contributed by atoms with Gasteiger partial charge in [-0.15, -0.1) is 0 Å². The Bertz CT molecular complexity index is 1700. The van der Waals surface area contributed by atoms with Gasteiger partial charge in [-0.1, -0.05) is 68.7 Å². The van der Waals surface area contributed by atoms with Gasteiger partial charge in [0.15, 0.2) is 0 Å². The van der Waals surface area contributed by atoms with Crippen LogP contribution in [0.4, 0.5) is 5.69 Å². The molecule has 3 aromatic carbocycles. The quantitative estimate of drug-likeness (QED) is 0.163. The Morgan fingerprint density at radius 1 is 1.00 bits per heavy atom. The molecule has 0 spiro atoms. The van der Waals surface area contributed by atoms with E-state index < -0.39 is 17.5 Å². The second kappa shape index (κ2) is 14.3. The highest BCUT2D eigenvalue weighted by Gasteiger charge is 2.32. The van der Waals surface area contributed by atoms with Crippen LogP contribution in [0.2, 0.25) is 0 Å². The number of carboxylic acid groups (broad SMARTS) is 1. The summed E-state index contributed by atoms with van der Waals surface area (Å²) >= 11 is 0. The van der Waals surface area contributed by atoms with Gasteiger partial charge in [-0.2, -0.15) is 0 Å². The van der Waals surface area contributed by atoms with E-state index in [4.69, 9.17) is 9.72 Å². The van der Waals surface area contributed by atoms with Crippen molar-refractivity contribution in [3.05, 3.63) is 83.7 Å². The largest absolute Gasteiger partial charge is 0.481 e. The molecule has 0 aliphatic heterocycles. The van der Waals surface area contributed by atoms with Gasteiger partial charge < -0.3 is 19.7 Å². The number of aromatic nitrogens is 2. The number of carbonyl (C=O) groups is 3. The Hall–Kier alpha value is -4.46. The number of anilines is 1. The predicted octanol–water partition coefficient (Wildman–Crippen LogP) is 8.27. The van der Waals surface area contributed by atoms with Crippen LogP contribution in [-0.4, -0.2) is 38.1 Å². The van der Waals surface area contributed by atoms with Crippen LogP contribution in [0.5, 0.6) is 0 Å². The molecular weight excluding hydrogens is 578 g/mol. The van der Waals surface area contributed by atoms with Gasteiger partial charge in [0.2, 0.25) is 5.91 Å². The van der Waals surface area contributed by atoms with Crippen LogP contribution in [0.3, 0.4) is 0 Å². The van der Waals surface area contributed by atoms with E-state index in [9.17, 15) is 19.5 Å². The summed E-state index contributed by atoms with van der Waals surface area (Å²) in [5.74, 6) is -0.908. The first-order chi connectivity index (χ1) is 22.0. The lowest BCUT2D eigenvalue weighted by molar-refractivity contribution is -0.145. The maximum Gasteiger partial charge on any atom is 0.339 e. The van der Waals surface area contributed by atoms with Crippen LogP contribution in [-0.2, 0) is 27.3 Å². The van der Waals surface area contributed by atoms with Crippen LogP contribution in [0.1, 0.15) is 94.4 Å². The van der Waals surface area contributed by atoms with Crippen LogP contribution < -0.4 is 5.32 Å². The second-order valence-corrected chi connectivity index (χ2v) is 13.4. The summed E-state index contributed by atoms with van der Waals surface area (Å²) in [4.78, 5) is 42.7. The van der Waals surface area contributed by atoms with Gasteiger partial charge in [0.1, 0.15) is 11.4 Å². The van der Waals surface area contributed by atoms with E-state index in [1.165, 1.54) is 0 Å². The number of rotatable bonds is 11. The Morgan fingerprint density at radius 3 is 2.46 bits per heavy atom. The molecule has 8 heteroatoms. The zero-order valence-electron chi connectivity index (χ0n) is 27.3. The number of ether oxygens (including phenoxy) is 1. The monoisotopic (exact) mass is 623 g/mol. The molecule has 242 valence electrons. The lowest BCUT2D eigenvalue weighted by atomic mass is 9.77. The third-order valence-electron chi connectivity index (χ3n) is 8.69. The molecule has 0 radical (unpaired) electrons. The van der Waals surface area contributed by atoms with Crippen molar-refractivity contribution in [3.63, 3.8) is 0 Å². The first-order valence-electron chi connectivity index (χ1n) is 16.5. The summed E-state index contributed by atoms with van der Waals surface area (Å²) in [6, 6.07) is 21.5. The minimum Gasteiger partial charge on any atom is -0.481 e. The molecule has 1 aliphatic carbocycles. The second-order valence-electron chi connectivity index (χ2n) is 13.4. The van der Waals surface area contributed by atoms with Crippen molar-refractivity contribution < 1.29 is 24.2 Å². The van der Waals surface area contributed by atoms with E-state index >= 15 is 0 Å². The van der Waals surface area contributed by atoms with Crippen molar-refractivity contribution in [1.82, 2.24) is 9.55 Å². The molecule has 46 heavy (non-hydrogen) atoms. The number of nitrogens with zero attached hydrogens (tertiary/aromatic N) is 2. The Labute approximate surface area is 271 Å². The number of fused-ring (bicyclic) bond motifs is 1. The molecule has 5 rings (SSSR count). The first kappa shape index (κ1) is 32.9. The van der Waals surface area contributed by atoms with Crippen molar-refractivity contribution in [2.75, 3.05) is 5.32 Å². The highest BCUT2D eigenvalue weighted by atomic mass is 16.6. The summed E-state index contributed by atoms with van der Waals surface area (Å²) in [5, 5.41) is 12.7. The number of unbranched alkanes of at least 4 members (excludes halogenated alkanes) is 1. The summed E-state index contributed by atoms with van der Waals surface area (Å²) in [6.45, 7) is 8.35. The Morgan fingerprint density at radius 2 is 1.74 bits per heavy atom. The van der Waals surface area contributed by atoms with Crippen molar-refractivity contribution in [2.45, 2.75) is 91.2 Å². The summed E-state index contributed by atoms with van der Waals surface area (Å²) in [6.07, 6.45) is 6.38. The first-order valence-corrected chi connectivity index (χ1v) is 16.5. The van der Waals surface area contributed by atoms with Crippen LogP contribution in [0.25, 0.3) is 22.2 Å². The number of benzene rings is 3. The van der Waals surface area contributed by atoms with Crippen LogP contribution in [0.15, 0.2) is 66.7 Å². The lowest BCUT2D eigenvalue weighted by Gasteiger charge is -2.27. The van der Waals surface area contributed by atoms with E-state index in [-0.39, 0.29) is 24.2 Å². The summed E-state index contributed by atoms with van der Waals surface area (Å²) in [7, 11) is 0. The molecule has 4 aromatic rings. The molecule has 1 heterocycles. The van der Waals surface area contributed by atoms with Gasteiger partial charge in [-0.05, 0) is 86.9 Å². The number of imidazole rings is 1. The van der Waals surface area contributed by atoms with Crippen molar-refractivity contribution in [1.29, 1.82) is 0 Å². The van der Waals surface area contributed by atoms with Gasteiger partial charge in [0.05, 0.1) is 22.5 Å². The molecule has 1 aromatic heterocycles. The molecule has 1 saturated carbocycles. The average molecular weight is 624 g/mol. The number of carbonyl (C=O) groups excluding carboxylic acids is 2. The number of aryl methyl sites for hydroxylation is 1. The van der Waals surface area contributed by atoms with Crippen LogP contribution >= 0.6 is 0 Å². The molecule has 2 N–H and O–H groups in total. The Balaban J connectivity index is 1.37. The fourth-order valence-corrected chi connectivity index (χ4v) is 6.40. The van der Waals surface area contributed by atoms with Crippen molar-refractivity contribution in [2.24, 2.45) is 11.8 Å². The molecule has 1 fully saturated rings. The number of aliphatic carboxylic acids is 1. The van der Waals surface area contributed by atoms with Gasteiger partial charge >= 0.3 is 11.9 Å². The van der Waals surface area contributed by atoms with E-state index in [1.54, 1.807) is 6.07 Å². The SMILES string of the molecule is CCCCc1nc2ccc(NC(=O)CC3CCCCC3C(=O)O)cc2n1Cc1ccc(-c2ccccc2C(=O)OC(C)(C)C)cc1. The molecular formula is C38H45N3O5. The third kappa shape index (κ3) is 8.03. The highest BCUT2D eigenvalue weighted by Crippen LogP contribution is 2.33. The smallest absolute Gasteiger partial charge is 0.339 e. The third-order valence-corrected chi connectivity index (χ3v) is 8.69. The van der Waals surface area contributed by atoms with Crippen LogP contribution in [0, 0.1) is 11.8 Å². The molecule has 1 amide bonds. The molecule has 1 aliphatic rings. The van der Waals surface area contributed by atoms with Gasteiger partial charge in [0, 0.05) is 25.1 Å². The fraction of sp³-hybridized carbons (Fsp3) is 0.421. The maximum absolute atomic E-state index is 13.0. The van der Waals surface area contributed by atoms with Gasteiger partial charge in [-0.3, -0.25) is 9.59 Å². The number of hydrogen-bond acceptors (Lipinski definition) is 5. The summed E-state index contributed by atoms with van der Waals surface area (Å²) < 4.78 is 7.87. The topological polar surface area (TPSA) is 111 Å². The normalized spacial score (nSPS) is 16.7. The standard InChI is InChI=1S/C38H45N3O5/c1-5-6-15-34-40-32-21-20-28(39-35(42)22-27-11-7-8-13-30(27)36(43)44)23-33(32)41(34)24-25-16-18-26(19-17-25)29-12-9-10-14-31(29)37(45)46-38(2,3)4/h9-10,12,14,16-21,23,27,30H,5-8,11,13,15,22,24H2,1-4H3,(H,39,42)(H,43,44). The van der Waals surface area contributed by atoms with Gasteiger partial charge in [-0.25, -0.2) is 9.78 Å². The maximum atomic E-state index is 13.0. The number of esters is 1. The van der Waals surface area contributed by atoms with E-state index in [0.717, 1.165) is 72.1 Å². The molecule has 0 bridgehead atoms. The van der Waals surface area contributed by atoms with Crippen molar-refractivity contribution in [3.8, 4) is 11.1 Å². The highest BCUT2D eigenvalue weighted by molar-refractivity contribution is 5.97. The molecule has 8 nitrogen and oxygen atoms in total. The molecule has 2 unspecified atom stereocenters. The fourth-order valence-electron chi connectivity index (χ4n) is 6.40. The zero-order chi connectivity index (χ0) is 32.8. The van der Waals surface area contributed by atoms with Crippen molar-refractivity contribution >= 4 is 34.6 Å². The van der Waals surface area contributed by atoms with E-state index in [2.05, 4.69) is 28.9 Å². The predicted molar refractivity (Wildman–Crippen MR) is 181 cm³/mol. The molecule has 2 atom stereocenters. The van der Waals surface area contributed by atoms with Gasteiger partial charge in [0.25, 0.3) is 0 Å².